The van der Waals surface area contributed by atoms with Crippen LogP contribution in [0.3, 0.4) is 0 Å². The summed E-state index contributed by atoms with van der Waals surface area (Å²) in [5.74, 6) is 0. The van der Waals surface area contributed by atoms with E-state index in [4.69, 9.17) is 0 Å². The molecule has 0 amide bonds. The van der Waals surface area contributed by atoms with Crippen molar-refractivity contribution in [2.24, 2.45) is 7.05 Å². The average Bonchev–Trinajstić information content (AvgIpc) is 2.23. The predicted octanol–water partition coefficient (Wildman–Crippen LogP) is 2.61. The maximum atomic E-state index is 11.8. The van der Waals surface area contributed by atoms with E-state index in [1.165, 1.54) is 0 Å². The maximum absolute atomic E-state index is 11.8. The van der Waals surface area contributed by atoms with Crippen LogP contribution in [0.4, 0.5) is 0 Å². The molecule has 0 aliphatic carbocycles. The summed E-state index contributed by atoms with van der Waals surface area (Å²) in [7, 11) is 1.79. The minimum absolute atomic E-state index is 0.0568. The van der Waals surface area contributed by atoms with E-state index in [0.717, 1.165) is 20.9 Å². The molecule has 72 valence electrons. The SMILES string of the molecule is Cc1c(Br)c2ccccc2c(=O)n1C. The molecule has 0 bridgehead atoms. The van der Waals surface area contributed by atoms with Gasteiger partial charge in [0.2, 0.25) is 0 Å². The van der Waals surface area contributed by atoms with Crippen LogP contribution in [0.15, 0.2) is 33.5 Å². The lowest BCUT2D eigenvalue weighted by Crippen LogP contribution is -2.19. The number of pyridine rings is 1. The molecule has 2 nitrogen and oxygen atoms in total. The molecule has 0 N–H and O–H groups in total. The lowest BCUT2D eigenvalue weighted by Gasteiger charge is -2.08. The van der Waals surface area contributed by atoms with Crippen LogP contribution in [0.1, 0.15) is 5.69 Å². The highest BCUT2D eigenvalue weighted by Crippen LogP contribution is 2.23. The van der Waals surface area contributed by atoms with Crippen molar-refractivity contribution in [2.75, 3.05) is 0 Å². The standard InChI is InChI=1S/C11H10BrNO/c1-7-10(12)8-5-3-4-6-9(8)11(14)13(7)2/h3-6H,1-2H3. The number of rotatable bonds is 0. The zero-order chi connectivity index (χ0) is 10.3. The number of hydrogen-bond donors (Lipinski definition) is 0. The van der Waals surface area contributed by atoms with Gasteiger partial charge in [-0.15, -0.1) is 0 Å². The van der Waals surface area contributed by atoms with Crippen molar-refractivity contribution in [3.63, 3.8) is 0 Å². The van der Waals surface area contributed by atoms with Gasteiger partial charge in [-0.25, -0.2) is 0 Å². The van der Waals surface area contributed by atoms with Crippen LogP contribution in [-0.4, -0.2) is 4.57 Å². The second-order valence-electron chi connectivity index (χ2n) is 3.31. The first-order valence-corrected chi connectivity index (χ1v) is 5.16. The van der Waals surface area contributed by atoms with Gasteiger partial charge in [0.05, 0.1) is 0 Å². The second kappa shape index (κ2) is 3.24. The largest absolute Gasteiger partial charge is 0.314 e. The van der Waals surface area contributed by atoms with Crippen molar-refractivity contribution in [1.82, 2.24) is 4.57 Å². The Morgan fingerprint density at radius 2 is 1.79 bits per heavy atom. The average molecular weight is 252 g/mol. The van der Waals surface area contributed by atoms with Crippen LogP contribution in [0.25, 0.3) is 10.8 Å². The molecule has 2 aromatic rings. The first-order chi connectivity index (χ1) is 6.63. The smallest absolute Gasteiger partial charge is 0.258 e. The normalized spacial score (nSPS) is 10.8. The Bertz CT molecular complexity index is 557. The van der Waals surface area contributed by atoms with E-state index < -0.39 is 0 Å². The Kier molecular flexibility index (Phi) is 2.19. The molecule has 3 heteroatoms. The number of benzene rings is 1. The first-order valence-electron chi connectivity index (χ1n) is 4.36. The molecule has 1 aromatic carbocycles. The quantitative estimate of drug-likeness (QED) is 0.706. The highest BCUT2D eigenvalue weighted by Gasteiger charge is 2.07. The molecule has 14 heavy (non-hydrogen) atoms. The van der Waals surface area contributed by atoms with Crippen molar-refractivity contribution < 1.29 is 0 Å². The summed E-state index contributed by atoms with van der Waals surface area (Å²) in [5, 5.41) is 1.74. The van der Waals surface area contributed by atoms with Gasteiger partial charge in [-0.05, 0) is 28.9 Å². The molecule has 1 aromatic heterocycles. The van der Waals surface area contributed by atoms with Crippen molar-refractivity contribution in [3.05, 3.63) is 44.8 Å². The van der Waals surface area contributed by atoms with Gasteiger partial charge in [-0.1, -0.05) is 18.2 Å². The molecule has 0 saturated carbocycles. The highest BCUT2D eigenvalue weighted by molar-refractivity contribution is 9.10. The van der Waals surface area contributed by atoms with Crippen molar-refractivity contribution >= 4 is 26.7 Å². The number of fused-ring (bicyclic) bond motifs is 1. The minimum atomic E-state index is 0.0568. The van der Waals surface area contributed by atoms with Crippen LogP contribution >= 0.6 is 15.9 Å². The van der Waals surface area contributed by atoms with E-state index in [2.05, 4.69) is 15.9 Å². The molecule has 0 fully saturated rings. The molecule has 0 radical (unpaired) electrons. The summed E-state index contributed by atoms with van der Waals surface area (Å²) in [6.45, 7) is 1.93. The van der Waals surface area contributed by atoms with E-state index >= 15 is 0 Å². The number of nitrogens with zero attached hydrogens (tertiary/aromatic N) is 1. The van der Waals surface area contributed by atoms with Crippen LogP contribution in [0.2, 0.25) is 0 Å². The van der Waals surface area contributed by atoms with Gasteiger partial charge >= 0.3 is 0 Å². The van der Waals surface area contributed by atoms with E-state index in [1.807, 2.05) is 31.2 Å². The van der Waals surface area contributed by atoms with Gasteiger partial charge in [0, 0.05) is 28.0 Å². The number of hydrogen-bond acceptors (Lipinski definition) is 1. The Labute approximate surface area is 90.3 Å². The summed E-state index contributed by atoms with van der Waals surface area (Å²) < 4.78 is 2.65. The Balaban J connectivity index is 3.10. The van der Waals surface area contributed by atoms with E-state index in [-0.39, 0.29) is 5.56 Å². The molecular weight excluding hydrogens is 242 g/mol. The fourth-order valence-electron chi connectivity index (χ4n) is 1.54. The van der Waals surface area contributed by atoms with Gasteiger partial charge in [-0.3, -0.25) is 4.79 Å². The fourth-order valence-corrected chi connectivity index (χ4v) is 2.15. The first kappa shape index (κ1) is 9.46. The van der Waals surface area contributed by atoms with Gasteiger partial charge in [0.25, 0.3) is 5.56 Å². The van der Waals surface area contributed by atoms with Crippen LogP contribution in [0, 0.1) is 6.92 Å². The van der Waals surface area contributed by atoms with Gasteiger partial charge in [-0.2, -0.15) is 0 Å². The summed E-state index contributed by atoms with van der Waals surface area (Å²) in [6, 6.07) is 7.62. The molecule has 0 saturated heterocycles. The van der Waals surface area contributed by atoms with Crippen LogP contribution in [0.5, 0.6) is 0 Å². The number of aromatic nitrogens is 1. The van der Waals surface area contributed by atoms with E-state index in [1.54, 1.807) is 11.6 Å². The lowest BCUT2D eigenvalue weighted by molar-refractivity contribution is 0.825. The molecule has 1 heterocycles. The van der Waals surface area contributed by atoms with Gasteiger partial charge in [0.1, 0.15) is 0 Å². The van der Waals surface area contributed by atoms with Gasteiger partial charge in [0.15, 0.2) is 0 Å². The third-order valence-corrected chi connectivity index (χ3v) is 3.52. The van der Waals surface area contributed by atoms with Crippen LogP contribution in [-0.2, 0) is 7.05 Å². The molecule has 0 spiro atoms. The Morgan fingerprint density at radius 3 is 2.43 bits per heavy atom. The summed E-state index contributed by atoms with van der Waals surface area (Å²) in [6.07, 6.45) is 0. The number of halogens is 1. The molecule has 2 rings (SSSR count). The summed E-state index contributed by atoms with van der Waals surface area (Å²) in [4.78, 5) is 11.8. The molecule has 0 aliphatic heterocycles. The van der Waals surface area contributed by atoms with Crippen molar-refractivity contribution in [3.8, 4) is 0 Å². The maximum Gasteiger partial charge on any atom is 0.258 e. The molecule has 0 atom stereocenters. The zero-order valence-corrected chi connectivity index (χ0v) is 9.63. The summed E-state index contributed by atoms with van der Waals surface area (Å²) in [5.41, 5.74) is 1.01. The van der Waals surface area contributed by atoms with Crippen LogP contribution < -0.4 is 5.56 Å². The highest BCUT2D eigenvalue weighted by atomic mass is 79.9. The summed E-state index contributed by atoms with van der Waals surface area (Å²) >= 11 is 3.51. The van der Waals surface area contributed by atoms with E-state index in [9.17, 15) is 4.79 Å². The van der Waals surface area contributed by atoms with E-state index in [0.29, 0.717) is 0 Å². The third-order valence-electron chi connectivity index (χ3n) is 2.52. The van der Waals surface area contributed by atoms with Crippen molar-refractivity contribution in [2.45, 2.75) is 6.92 Å². The lowest BCUT2D eigenvalue weighted by atomic mass is 10.1. The molecule has 0 unspecified atom stereocenters. The van der Waals surface area contributed by atoms with Gasteiger partial charge < -0.3 is 4.57 Å². The monoisotopic (exact) mass is 251 g/mol. The fraction of sp³-hybridized carbons (Fsp3) is 0.182. The molecular formula is C11H10BrNO. The Hall–Kier alpha value is -1.09. The second-order valence-corrected chi connectivity index (χ2v) is 4.10. The third kappa shape index (κ3) is 1.20. The minimum Gasteiger partial charge on any atom is -0.314 e. The van der Waals surface area contributed by atoms with Crippen molar-refractivity contribution in [1.29, 1.82) is 0 Å². The zero-order valence-electron chi connectivity index (χ0n) is 8.04. The topological polar surface area (TPSA) is 22.0 Å². The molecule has 0 aliphatic rings. The Morgan fingerprint density at radius 1 is 1.21 bits per heavy atom. The predicted molar refractivity (Wildman–Crippen MR) is 61.6 cm³/mol.